The standard InChI is InChI=1S/C18H34O2.C8H19NO7S/c1-2-3-4-5-6-7-8-9-10-11-12-13-14-15-16-17-18(19)20;1-8(16-17(13,14)15)9(2-5-10,3-6-11)4-7-12/h9-10H,2-8,11-17H2,1H3,(H,19,20);8,10-12H,2-7H2,1H3/p+1/b10-9-;. The maximum Gasteiger partial charge on any atom is 0.402 e. The van der Waals surface area contributed by atoms with Gasteiger partial charge in [0.05, 0.1) is 19.8 Å². The van der Waals surface area contributed by atoms with Gasteiger partial charge in [0.15, 0.2) is 0 Å². The summed E-state index contributed by atoms with van der Waals surface area (Å²) in [7, 11) is -4.62. The summed E-state index contributed by atoms with van der Waals surface area (Å²) >= 11 is 0. The summed E-state index contributed by atoms with van der Waals surface area (Å²) in [5.74, 6) is -0.664. The lowest BCUT2D eigenvalue weighted by Gasteiger charge is -2.40. The number of unbranched alkanes of at least 4 members (excludes halogenated alkanes) is 11. The third-order valence-corrected chi connectivity index (χ3v) is 6.84. The molecule has 0 aliphatic carbocycles. The Labute approximate surface area is 224 Å². The van der Waals surface area contributed by atoms with Gasteiger partial charge in [0.1, 0.15) is 19.6 Å². The van der Waals surface area contributed by atoms with E-state index in [4.69, 9.17) is 25.0 Å². The Balaban J connectivity index is 0. The number of rotatable bonds is 24. The van der Waals surface area contributed by atoms with Crippen LogP contribution in [0.5, 0.6) is 0 Å². The normalized spacial score (nSPS) is 12.9. The molecule has 1 unspecified atom stereocenters. The summed E-state index contributed by atoms with van der Waals surface area (Å²) in [5, 5.41) is 35.4. The fourth-order valence-electron chi connectivity index (χ4n) is 4.09. The molecule has 0 bridgehead atoms. The van der Waals surface area contributed by atoms with E-state index >= 15 is 0 Å². The number of quaternary nitrogens is 1. The van der Waals surface area contributed by atoms with Crippen molar-refractivity contribution in [2.75, 3.05) is 39.5 Å². The molecular formula is C26H54NO9S+. The molecule has 0 amide bonds. The van der Waals surface area contributed by atoms with Crippen molar-refractivity contribution in [2.24, 2.45) is 0 Å². The first-order valence-corrected chi connectivity index (χ1v) is 15.2. The summed E-state index contributed by atoms with van der Waals surface area (Å²) in [6, 6.07) is 0. The molecule has 0 fully saturated rings. The van der Waals surface area contributed by atoms with Gasteiger partial charge in [-0.15, -0.1) is 0 Å². The Kier molecular flexibility index (Phi) is 25.9. The van der Waals surface area contributed by atoms with Crippen LogP contribution in [0.2, 0.25) is 0 Å². The monoisotopic (exact) mass is 556 g/mol. The van der Waals surface area contributed by atoms with E-state index in [2.05, 4.69) is 23.3 Å². The molecule has 0 rings (SSSR count). The van der Waals surface area contributed by atoms with Gasteiger partial charge in [-0.25, -0.2) is 0 Å². The smallest absolute Gasteiger partial charge is 0.402 e. The van der Waals surface area contributed by atoms with E-state index in [1.165, 1.54) is 77.6 Å². The number of aliphatic hydroxyl groups excluding tert-OH is 3. The van der Waals surface area contributed by atoms with E-state index in [1.54, 1.807) is 0 Å². The van der Waals surface area contributed by atoms with Gasteiger partial charge in [0.25, 0.3) is 0 Å². The average Bonchev–Trinajstić information content (AvgIpc) is 2.81. The van der Waals surface area contributed by atoms with Crippen molar-refractivity contribution in [3.8, 4) is 0 Å². The highest BCUT2D eigenvalue weighted by Gasteiger charge is 2.36. The fourth-order valence-corrected chi connectivity index (χ4v) is 4.63. The van der Waals surface area contributed by atoms with Gasteiger partial charge >= 0.3 is 16.4 Å². The van der Waals surface area contributed by atoms with Crippen LogP contribution >= 0.6 is 0 Å². The first-order chi connectivity index (χ1) is 17.6. The van der Waals surface area contributed by atoms with Crippen LogP contribution < -0.4 is 0 Å². The van der Waals surface area contributed by atoms with E-state index in [9.17, 15) is 13.2 Å². The van der Waals surface area contributed by atoms with E-state index in [1.807, 2.05) is 0 Å². The zero-order valence-corrected chi connectivity index (χ0v) is 23.9. The van der Waals surface area contributed by atoms with Crippen molar-refractivity contribution < 1.29 is 46.9 Å². The second kappa shape index (κ2) is 25.2. The number of allylic oxidation sites excluding steroid dienone is 2. The second-order valence-electron chi connectivity index (χ2n) is 9.41. The molecule has 11 heteroatoms. The van der Waals surface area contributed by atoms with Gasteiger partial charge < -0.3 is 20.4 Å². The van der Waals surface area contributed by atoms with Crippen LogP contribution in [0.3, 0.4) is 0 Å². The van der Waals surface area contributed by atoms with Gasteiger partial charge in [-0.3, -0.25) is 13.8 Å². The van der Waals surface area contributed by atoms with Crippen LogP contribution in [0.4, 0.5) is 0 Å². The molecule has 0 aliphatic rings. The molecular weight excluding hydrogens is 502 g/mol. The Morgan fingerprint density at radius 1 is 0.784 bits per heavy atom. The predicted octanol–water partition coefficient (Wildman–Crippen LogP) is 4.05. The molecule has 0 aliphatic heterocycles. The van der Waals surface area contributed by atoms with Crippen molar-refractivity contribution in [1.29, 1.82) is 0 Å². The molecule has 0 aromatic rings. The average molecular weight is 557 g/mol. The molecule has 0 spiro atoms. The molecule has 0 aromatic heterocycles. The topological polar surface area (TPSA) is 162 Å². The quantitative estimate of drug-likeness (QED) is 0.0388. The zero-order valence-electron chi connectivity index (χ0n) is 23.1. The third-order valence-electron chi connectivity index (χ3n) is 6.32. The number of nitrogens with zero attached hydrogens (tertiary/aromatic N) is 1. The van der Waals surface area contributed by atoms with Crippen molar-refractivity contribution in [3.05, 3.63) is 12.2 Å². The Hall–Kier alpha value is -1.08. The Bertz CT molecular complexity index is 639. The van der Waals surface area contributed by atoms with Crippen molar-refractivity contribution >= 4 is 16.4 Å². The summed E-state index contributed by atoms with van der Waals surface area (Å²) in [5.41, 5.74) is 0. The van der Waals surface area contributed by atoms with Crippen LogP contribution in [0.25, 0.3) is 0 Å². The molecule has 0 radical (unpaired) electrons. The van der Waals surface area contributed by atoms with Gasteiger partial charge in [0.2, 0.25) is 6.23 Å². The second-order valence-corrected chi connectivity index (χ2v) is 10.5. The molecule has 5 N–H and O–H groups in total. The molecule has 0 aromatic carbocycles. The van der Waals surface area contributed by atoms with Crippen LogP contribution in [0.15, 0.2) is 12.2 Å². The van der Waals surface area contributed by atoms with E-state index in [0.717, 1.165) is 12.8 Å². The summed E-state index contributed by atoms with van der Waals surface area (Å²) in [6.45, 7) is 3.13. The van der Waals surface area contributed by atoms with Gasteiger partial charge in [0, 0.05) is 13.3 Å². The molecule has 1 atom stereocenters. The minimum Gasteiger partial charge on any atom is -0.481 e. The number of hydrogen-bond donors (Lipinski definition) is 5. The first-order valence-electron chi connectivity index (χ1n) is 13.8. The van der Waals surface area contributed by atoms with Crippen LogP contribution in [0, 0.1) is 0 Å². The number of carbonyl (C=O) groups is 1. The number of aliphatic hydroxyl groups is 3. The maximum absolute atomic E-state index is 10.6. The van der Waals surface area contributed by atoms with E-state index in [-0.39, 0.29) is 43.9 Å². The lowest BCUT2D eigenvalue weighted by atomic mass is 10.1. The minimum absolute atomic E-state index is 0.0950. The third kappa shape index (κ3) is 25.0. The van der Waals surface area contributed by atoms with Crippen LogP contribution in [-0.4, -0.2) is 89.5 Å². The van der Waals surface area contributed by atoms with E-state index < -0.39 is 22.6 Å². The Morgan fingerprint density at radius 3 is 1.57 bits per heavy atom. The maximum atomic E-state index is 10.6. The zero-order chi connectivity index (χ0) is 28.4. The molecule has 222 valence electrons. The number of aliphatic carboxylic acids is 1. The summed E-state index contributed by atoms with van der Waals surface area (Å²) in [6.07, 6.45) is 20.2. The summed E-state index contributed by atoms with van der Waals surface area (Å²) in [4.78, 5) is 10.3. The molecule has 0 heterocycles. The van der Waals surface area contributed by atoms with Crippen molar-refractivity contribution in [1.82, 2.24) is 0 Å². The summed E-state index contributed by atoms with van der Waals surface area (Å²) < 4.78 is 34.1. The SMILES string of the molecule is CC(OS(=O)(=O)O)[N+](CCO)(CCO)CCO.CCCCCCCC/C=C\CCCCCCCC(=O)O. The van der Waals surface area contributed by atoms with Crippen LogP contribution in [-0.2, 0) is 19.4 Å². The lowest BCUT2D eigenvalue weighted by Crippen LogP contribution is -2.59. The largest absolute Gasteiger partial charge is 0.481 e. The van der Waals surface area contributed by atoms with Gasteiger partial charge in [-0.05, 0) is 32.1 Å². The molecule has 0 saturated heterocycles. The van der Waals surface area contributed by atoms with Crippen LogP contribution in [0.1, 0.15) is 104 Å². The van der Waals surface area contributed by atoms with Gasteiger partial charge in [-0.2, -0.15) is 12.6 Å². The predicted molar refractivity (Wildman–Crippen MR) is 145 cm³/mol. The highest BCUT2D eigenvalue weighted by atomic mass is 32.3. The highest BCUT2D eigenvalue weighted by Crippen LogP contribution is 2.16. The van der Waals surface area contributed by atoms with Crippen molar-refractivity contribution in [2.45, 2.75) is 110 Å². The fraction of sp³-hybridized carbons (Fsp3) is 0.885. The molecule has 0 saturated carbocycles. The number of carboxylic acids is 1. The minimum atomic E-state index is -4.62. The van der Waals surface area contributed by atoms with E-state index in [0.29, 0.717) is 6.42 Å². The number of carboxylic acid groups (broad SMARTS) is 1. The van der Waals surface area contributed by atoms with Crippen molar-refractivity contribution in [3.63, 3.8) is 0 Å². The number of hydrogen-bond acceptors (Lipinski definition) is 7. The highest BCUT2D eigenvalue weighted by molar-refractivity contribution is 7.80. The lowest BCUT2D eigenvalue weighted by molar-refractivity contribution is -0.966. The molecule has 10 nitrogen and oxygen atoms in total. The Morgan fingerprint density at radius 2 is 1.19 bits per heavy atom. The molecule has 37 heavy (non-hydrogen) atoms. The first kappa shape index (κ1) is 38.1. The van der Waals surface area contributed by atoms with Gasteiger partial charge in [-0.1, -0.05) is 70.4 Å².